The fourth-order valence-electron chi connectivity index (χ4n) is 3.33. The molecular formula is C26H23NO3S. The first-order valence-electron chi connectivity index (χ1n) is 10.2. The Bertz CT molecular complexity index is 1060. The summed E-state index contributed by atoms with van der Waals surface area (Å²) in [6, 6.07) is 27.6. The van der Waals surface area contributed by atoms with Gasteiger partial charge in [0.2, 0.25) is 0 Å². The lowest BCUT2D eigenvalue weighted by molar-refractivity contribution is -0.122. The molecule has 4 nitrogen and oxygen atoms in total. The summed E-state index contributed by atoms with van der Waals surface area (Å²) in [4.78, 5) is 26.8. The molecule has 0 unspecified atom stereocenters. The summed E-state index contributed by atoms with van der Waals surface area (Å²) in [6.45, 7) is 0.936. The van der Waals surface area contributed by atoms with Gasteiger partial charge < -0.3 is 4.74 Å². The quantitative estimate of drug-likeness (QED) is 0.416. The molecule has 1 saturated heterocycles. The van der Waals surface area contributed by atoms with Crippen molar-refractivity contribution < 1.29 is 14.3 Å². The number of nitrogens with zero attached hydrogens (tertiary/aromatic N) is 1. The van der Waals surface area contributed by atoms with Crippen LogP contribution in [0.2, 0.25) is 0 Å². The van der Waals surface area contributed by atoms with E-state index in [1.165, 1.54) is 10.5 Å². The lowest BCUT2D eigenvalue weighted by Gasteiger charge is -2.12. The molecule has 3 aromatic rings. The van der Waals surface area contributed by atoms with E-state index < -0.39 is 0 Å². The second-order valence-electron chi connectivity index (χ2n) is 7.27. The summed E-state index contributed by atoms with van der Waals surface area (Å²) in [5.41, 5.74) is 3.17. The smallest absolute Gasteiger partial charge is 0.293 e. The third-order valence-corrected chi connectivity index (χ3v) is 5.90. The van der Waals surface area contributed by atoms with Crippen LogP contribution in [0, 0.1) is 0 Å². The predicted molar refractivity (Wildman–Crippen MR) is 125 cm³/mol. The van der Waals surface area contributed by atoms with Crippen LogP contribution in [0.5, 0.6) is 5.75 Å². The fraction of sp³-hybridized carbons (Fsp3) is 0.154. The van der Waals surface area contributed by atoms with Crippen LogP contribution in [0.3, 0.4) is 0 Å². The lowest BCUT2D eigenvalue weighted by Crippen LogP contribution is -2.29. The van der Waals surface area contributed by atoms with Crippen molar-refractivity contribution in [2.45, 2.75) is 19.4 Å². The first-order valence-corrected chi connectivity index (χ1v) is 11.1. The number of hydrogen-bond acceptors (Lipinski definition) is 4. The number of ether oxygens (including phenoxy) is 1. The molecule has 2 amide bonds. The van der Waals surface area contributed by atoms with E-state index in [4.69, 9.17) is 4.74 Å². The van der Waals surface area contributed by atoms with Gasteiger partial charge in [0.05, 0.1) is 4.91 Å². The largest absolute Gasteiger partial charge is 0.489 e. The van der Waals surface area contributed by atoms with Crippen LogP contribution in [0.1, 0.15) is 23.1 Å². The molecule has 31 heavy (non-hydrogen) atoms. The number of benzene rings is 3. The average Bonchev–Trinajstić information content (AvgIpc) is 3.07. The first-order chi connectivity index (χ1) is 15.2. The minimum atomic E-state index is -0.215. The van der Waals surface area contributed by atoms with Gasteiger partial charge in [-0.3, -0.25) is 14.5 Å². The molecule has 0 N–H and O–H groups in total. The van der Waals surface area contributed by atoms with E-state index in [9.17, 15) is 9.59 Å². The molecule has 3 aromatic carbocycles. The average molecular weight is 430 g/mol. The van der Waals surface area contributed by atoms with E-state index >= 15 is 0 Å². The van der Waals surface area contributed by atoms with E-state index in [1.807, 2.05) is 72.8 Å². The summed E-state index contributed by atoms with van der Waals surface area (Å²) >= 11 is 1.00. The van der Waals surface area contributed by atoms with Crippen molar-refractivity contribution in [3.05, 3.63) is 107 Å². The van der Waals surface area contributed by atoms with Crippen molar-refractivity contribution in [1.29, 1.82) is 0 Å². The standard InChI is InChI=1S/C26H23NO3S/c28-25-24(31-26(29)27(25)17-7-12-20-8-3-1-4-9-20)18-21-13-15-23(16-14-21)30-19-22-10-5-2-6-11-22/h1-6,8-11,13-16,18H,7,12,17,19H2/b24-18+. The monoisotopic (exact) mass is 429 g/mol. The molecular weight excluding hydrogens is 406 g/mol. The molecule has 1 aliphatic rings. The zero-order valence-electron chi connectivity index (χ0n) is 17.1. The predicted octanol–water partition coefficient (Wildman–Crippen LogP) is 5.93. The molecule has 0 atom stereocenters. The zero-order valence-corrected chi connectivity index (χ0v) is 17.9. The van der Waals surface area contributed by atoms with Crippen LogP contribution in [0.25, 0.3) is 6.08 Å². The highest BCUT2D eigenvalue weighted by Gasteiger charge is 2.34. The van der Waals surface area contributed by atoms with E-state index in [1.54, 1.807) is 6.08 Å². The first kappa shape index (κ1) is 20.9. The molecule has 0 saturated carbocycles. The van der Waals surface area contributed by atoms with Crippen molar-refractivity contribution in [2.24, 2.45) is 0 Å². The fourth-order valence-corrected chi connectivity index (χ4v) is 4.20. The van der Waals surface area contributed by atoms with Gasteiger partial charge in [-0.25, -0.2) is 0 Å². The zero-order chi connectivity index (χ0) is 21.5. The van der Waals surface area contributed by atoms with Gasteiger partial charge in [0, 0.05) is 6.54 Å². The molecule has 0 spiro atoms. The third-order valence-electron chi connectivity index (χ3n) is 4.99. The lowest BCUT2D eigenvalue weighted by atomic mass is 10.1. The Kier molecular flexibility index (Phi) is 6.85. The number of amides is 2. The Balaban J connectivity index is 1.32. The van der Waals surface area contributed by atoms with Gasteiger partial charge >= 0.3 is 0 Å². The molecule has 5 heteroatoms. The Morgan fingerprint density at radius 2 is 1.45 bits per heavy atom. The van der Waals surface area contributed by atoms with Crippen LogP contribution < -0.4 is 4.74 Å². The normalized spacial score (nSPS) is 15.0. The SMILES string of the molecule is O=C1S/C(=C/c2ccc(OCc3ccccc3)cc2)C(=O)N1CCCc1ccccc1. The van der Waals surface area contributed by atoms with Gasteiger partial charge in [-0.15, -0.1) is 0 Å². The number of thioether (sulfide) groups is 1. The second kappa shape index (κ2) is 10.1. The number of imide groups is 1. The summed E-state index contributed by atoms with van der Waals surface area (Å²) in [7, 11) is 0. The number of carbonyl (C=O) groups excluding carboxylic acids is 2. The van der Waals surface area contributed by atoms with Crippen LogP contribution in [0.15, 0.2) is 89.8 Å². The number of rotatable bonds is 8. The van der Waals surface area contributed by atoms with Gasteiger partial charge in [-0.2, -0.15) is 0 Å². The summed E-state index contributed by atoms with van der Waals surface area (Å²) in [5, 5.41) is -0.202. The number of carbonyl (C=O) groups is 2. The van der Waals surface area contributed by atoms with Gasteiger partial charge in [0.25, 0.3) is 11.1 Å². The Hall–Kier alpha value is -3.31. The van der Waals surface area contributed by atoms with Crippen molar-refractivity contribution in [3.8, 4) is 5.75 Å². The summed E-state index contributed by atoms with van der Waals surface area (Å²) < 4.78 is 5.80. The molecule has 1 heterocycles. The highest BCUT2D eigenvalue weighted by atomic mass is 32.2. The Labute approximate surface area is 186 Å². The number of hydrogen-bond donors (Lipinski definition) is 0. The third kappa shape index (κ3) is 5.64. The highest BCUT2D eigenvalue weighted by molar-refractivity contribution is 8.18. The van der Waals surface area contributed by atoms with Gasteiger partial charge in [0.1, 0.15) is 12.4 Å². The van der Waals surface area contributed by atoms with Crippen molar-refractivity contribution in [3.63, 3.8) is 0 Å². The van der Waals surface area contributed by atoms with Gasteiger partial charge in [0.15, 0.2) is 0 Å². The second-order valence-corrected chi connectivity index (χ2v) is 8.26. The van der Waals surface area contributed by atoms with Crippen LogP contribution in [-0.4, -0.2) is 22.6 Å². The molecule has 0 aromatic heterocycles. The van der Waals surface area contributed by atoms with Crippen molar-refractivity contribution in [1.82, 2.24) is 4.90 Å². The van der Waals surface area contributed by atoms with E-state index in [2.05, 4.69) is 12.1 Å². The highest BCUT2D eigenvalue weighted by Crippen LogP contribution is 2.32. The van der Waals surface area contributed by atoms with E-state index in [-0.39, 0.29) is 11.1 Å². The Morgan fingerprint density at radius 3 is 2.13 bits per heavy atom. The van der Waals surface area contributed by atoms with Crippen LogP contribution >= 0.6 is 11.8 Å². The van der Waals surface area contributed by atoms with Gasteiger partial charge in [-0.05, 0) is 59.5 Å². The van der Waals surface area contributed by atoms with E-state index in [0.717, 1.165) is 41.5 Å². The molecule has 0 bridgehead atoms. The minimum Gasteiger partial charge on any atom is -0.489 e. The van der Waals surface area contributed by atoms with Crippen LogP contribution in [-0.2, 0) is 17.8 Å². The maximum atomic E-state index is 12.7. The Morgan fingerprint density at radius 1 is 0.806 bits per heavy atom. The molecule has 0 aliphatic carbocycles. The van der Waals surface area contributed by atoms with Crippen molar-refractivity contribution >= 4 is 29.0 Å². The summed E-state index contributed by atoms with van der Waals surface area (Å²) in [6.07, 6.45) is 3.36. The maximum Gasteiger partial charge on any atom is 0.293 e. The molecule has 156 valence electrons. The summed E-state index contributed by atoms with van der Waals surface area (Å²) in [5.74, 6) is 0.544. The molecule has 1 aliphatic heterocycles. The molecule has 4 rings (SSSR count). The van der Waals surface area contributed by atoms with E-state index in [0.29, 0.717) is 18.1 Å². The molecule has 0 radical (unpaired) electrons. The van der Waals surface area contributed by atoms with Gasteiger partial charge in [-0.1, -0.05) is 72.8 Å². The van der Waals surface area contributed by atoms with Crippen LogP contribution in [0.4, 0.5) is 4.79 Å². The topological polar surface area (TPSA) is 46.6 Å². The number of aryl methyl sites for hydroxylation is 1. The van der Waals surface area contributed by atoms with Crippen molar-refractivity contribution in [2.75, 3.05) is 6.54 Å². The minimum absolute atomic E-state index is 0.202. The molecule has 1 fully saturated rings. The maximum absolute atomic E-state index is 12.7.